The van der Waals surface area contributed by atoms with Gasteiger partial charge in [-0.25, -0.2) is 5.01 Å². The summed E-state index contributed by atoms with van der Waals surface area (Å²) in [5.41, 5.74) is 11.0. The van der Waals surface area contributed by atoms with Gasteiger partial charge in [-0.2, -0.15) is 5.10 Å². The summed E-state index contributed by atoms with van der Waals surface area (Å²) in [6.07, 6.45) is -0.182. The zero-order valence-electron chi connectivity index (χ0n) is 20.0. The summed E-state index contributed by atoms with van der Waals surface area (Å²) >= 11 is 6.37. The van der Waals surface area contributed by atoms with E-state index in [4.69, 9.17) is 22.3 Å². The standard InChI is InChI=1S/C28H26ClN5O2/c1-17(35)34-27(30)22(15-18-9-5-3-6-10-18)25(32-34)26-28(36)33(2)23-14-13-20(29)16-21(23)24(31-26)19-11-7-4-8-12-19/h3-14,16,22,26-27H,15,30H2,1-2H3. The number of nitrogens with two attached hydrogens (primary N) is 1. The lowest BCUT2D eigenvalue weighted by Gasteiger charge is -2.24. The van der Waals surface area contributed by atoms with Crippen molar-refractivity contribution in [2.45, 2.75) is 25.6 Å². The number of rotatable bonds is 4. The number of anilines is 1. The van der Waals surface area contributed by atoms with Crippen molar-refractivity contribution in [3.63, 3.8) is 0 Å². The third kappa shape index (κ3) is 4.32. The molecule has 0 aliphatic carbocycles. The molecule has 7 nitrogen and oxygen atoms in total. The summed E-state index contributed by atoms with van der Waals surface area (Å²) in [4.78, 5) is 32.9. The molecule has 0 radical (unpaired) electrons. The van der Waals surface area contributed by atoms with Crippen molar-refractivity contribution in [3.8, 4) is 0 Å². The maximum atomic E-state index is 13.9. The van der Waals surface area contributed by atoms with Crippen molar-refractivity contribution in [2.75, 3.05) is 11.9 Å². The number of carbonyl (C=O) groups is 2. The van der Waals surface area contributed by atoms with Gasteiger partial charge in [-0.15, -0.1) is 0 Å². The summed E-state index contributed by atoms with van der Waals surface area (Å²) in [7, 11) is 1.72. The number of hydrazone groups is 1. The van der Waals surface area contributed by atoms with Gasteiger partial charge in [-0.05, 0) is 30.2 Å². The molecule has 0 saturated heterocycles. The van der Waals surface area contributed by atoms with Crippen molar-refractivity contribution < 1.29 is 9.59 Å². The minimum Gasteiger partial charge on any atom is -0.313 e. The van der Waals surface area contributed by atoms with Gasteiger partial charge in [-0.3, -0.25) is 14.6 Å². The molecule has 2 amide bonds. The zero-order chi connectivity index (χ0) is 25.4. The molecule has 182 valence electrons. The first-order valence-electron chi connectivity index (χ1n) is 11.7. The van der Waals surface area contributed by atoms with Crippen LogP contribution < -0.4 is 10.6 Å². The second kappa shape index (κ2) is 9.68. The molecule has 3 atom stereocenters. The van der Waals surface area contributed by atoms with E-state index in [1.807, 2.05) is 72.8 Å². The molecule has 2 heterocycles. The number of benzodiazepines with no additional fused rings is 1. The number of aliphatic imine (C=N–C) groups is 1. The molecule has 0 aromatic heterocycles. The molecule has 3 aromatic carbocycles. The van der Waals surface area contributed by atoms with Gasteiger partial charge in [0.2, 0.25) is 5.91 Å². The fourth-order valence-corrected chi connectivity index (χ4v) is 4.98. The predicted octanol–water partition coefficient (Wildman–Crippen LogP) is 3.88. The Morgan fingerprint density at radius 3 is 2.36 bits per heavy atom. The molecular formula is C28H26ClN5O2. The van der Waals surface area contributed by atoms with Crippen molar-refractivity contribution in [2.24, 2.45) is 21.7 Å². The molecule has 0 saturated carbocycles. The topological polar surface area (TPSA) is 91.4 Å². The maximum Gasteiger partial charge on any atom is 0.257 e. The van der Waals surface area contributed by atoms with Crippen molar-refractivity contribution in [3.05, 3.63) is 101 Å². The first-order valence-corrected chi connectivity index (χ1v) is 12.1. The Morgan fingerprint density at radius 2 is 1.69 bits per heavy atom. The Morgan fingerprint density at radius 1 is 1.03 bits per heavy atom. The fourth-order valence-electron chi connectivity index (χ4n) is 4.81. The third-order valence-electron chi connectivity index (χ3n) is 6.64. The summed E-state index contributed by atoms with van der Waals surface area (Å²) in [5.74, 6) is -0.921. The Balaban J connectivity index is 1.68. The van der Waals surface area contributed by atoms with E-state index >= 15 is 0 Å². The molecule has 2 aliphatic heterocycles. The summed E-state index contributed by atoms with van der Waals surface area (Å²) < 4.78 is 0. The number of hydrogen-bond donors (Lipinski definition) is 1. The van der Waals surface area contributed by atoms with Gasteiger partial charge in [-0.1, -0.05) is 72.3 Å². The minimum atomic E-state index is -0.958. The highest BCUT2D eigenvalue weighted by Gasteiger charge is 2.44. The Bertz CT molecular complexity index is 1370. The van der Waals surface area contributed by atoms with Crippen LogP contribution in [0.15, 0.2) is 89.0 Å². The van der Waals surface area contributed by atoms with E-state index in [0.717, 1.165) is 16.7 Å². The molecular weight excluding hydrogens is 474 g/mol. The van der Waals surface area contributed by atoms with Crippen LogP contribution in [0.25, 0.3) is 0 Å². The lowest BCUT2D eigenvalue weighted by molar-refractivity contribution is -0.130. The average molecular weight is 500 g/mol. The molecule has 2 aliphatic rings. The quantitative estimate of drug-likeness (QED) is 0.590. The van der Waals surface area contributed by atoms with Crippen LogP contribution in [0.3, 0.4) is 0 Å². The minimum absolute atomic E-state index is 0.251. The number of amides is 2. The monoisotopic (exact) mass is 499 g/mol. The molecule has 0 spiro atoms. The molecule has 3 aromatic rings. The molecule has 8 heteroatoms. The summed E-state index contributed by atoms with van der Waals surface area (Å²) in [6, 6.07) is 23.9. The van der Waals surface area contributed by atoms with Gasteiger partial charge < -0.3 is 10.6 Å². The molecule has 36 heavy (non-hydrogen) atoms. The highest BCUT2D eigenvalue weighted by Crippen LogP contribution is 2.33. The highest BCUT2D eigenvalue weighted by molar-refractivity contribution is 6.32. The number of fused-ring (bicyclic) bond motifs is 1. The predicted molar refractivity (Wildman–Crippen MR) is 142 cm³/mol. The average Bonchev–Trinajstić information content (AvgIpc) is 3.15. The molecule has 2 N–H and O–H groups in total. The number of nitrogens with zero attached hydrogens (tertiary/aromatic N) is 4. The van der Waals surface area contributed by atoms with E-state index in [1.54, 1.807) is 18.0 Å². The van der Waals surface area contributed by atoms with E-state index < -0.39 is 12.2 Å². The largest absolute Gasteiger partial charge is 0.313 e. The van der Waals surface area contributed by atoms with Gasteiger partial charge in [0.05, 0.1) is 17.1 Å². The second-order valence-corrected chi connectivity index (χ2v) is 9.42. The van der Waals surface area contributed by atoms with Gasteiger partial charge in [0.15, 0.2) is 6.04 Å². The number of likely N-dealkylation sites (N-methyl/N-ethyl adjacent to an activating group) is 1. The number of halogens is 1. The van der Waals surface area contributed by atoms with Crippen LogP contribution in [-0.2, 0) is 16.0 Å². The summed E-state index contributed by atoms with van der Waals surface area (Å²) in [5, 5.41) is 6.41. The Kier molecular flexibility index (Phi) is 6.43. The smallest absolute Gasteiger partial charge is 0.257 e. The van der Waals surface area contributed by atoms with Gasteiger partial charge in [0, 0.05) is 36.0 Å². The molecule has 3 unspecified atom stereocenters. The molecule has 0 fully saturated rings. The highest BCUT2D eigenvalue weighted by atomic mass is 35.5. The second-order valence-electron chi connectivity index (χ2n) is 8.98. The first-order chi connectivity index (χ1) is 17.3. The lowest BCUT2D eigenvalue weighted by Crippen LogP contribution is -2.47. The lowest BCUT2D eigenvalue weighted by atomic mass is 9.88. The fraction of sp³-hybridized carbons (Fsp3) is 0.214. The molecule has 5 rings (SSSR count). The van der Waals surface area contributed by atoms with Crippen molar-refractivity contribution in [1.82, 2.24) is 5.01 Å². The van der Waals surface area contributed by atoms with Crippen LogP contribution >= 0.6 is 11.6 Å². The Hall–Kier alpha value is -3.81. The van der Waals surface area contributed by atoms with Crippen LogP contribution in [-0.4, -0.2) is 47.5 Å². The van der Waals surface area contributed by atoms with E-state index in [2.05, 4.69) is 5.10 Å². The first kappa shape index (κ1) is 23.9. The van der Waals surface area contributed by atoms with Crippen LogP contribution in [0.2, 0.25) is 5.02 Å². The van der Waals surface area contributed by atoms with Crippen molar-refractivity contribution >= 4 is 40.5 Å². The third-order valence-corrected chi connectivity index (χ3v) is 6.88. The maximum absolute atomic E-state index is 13.9. The van der Waals surface area contributed by atoms with Crippen molar-refractivity contribution in [1.29, 1.82) is 0 Å². The number of benzene rings is 3. The number of carbonyl (C=O) groups excluding carboxylic acids is 2. The zero-order valence-corrected chi connectivity index (χ0v) is 20.8. The summed E-state index contributed by atoms with van der Waals surface area (Å²) in [6.45, 7) is 1.42. The normalized spacial score (nSPS) is 21.6. The van der Waals surface area contributed by atoms with Crippen LogP contribution in [0.5, 0.6) is 0 Å². The van der Waals surface area contributed by atoms with E-state index in [-0.39, 0.29) is 17.7 Å². The van der Waals surface area contributed by atoms with Gasteiger partial charge in [0.25, 0.3) is 5.91 Å². The number of hydrogen-bond acceptors (Lipinski definition) is 5. The van der Waals surface area contributed by atoms with Gasteiger partial charge in [0.1, 0.15) is 6.17 Å². The van der Waals surface area contributed by atoms with Crippen LogP contribution in [0, 0.1) is 5.92 Å². The Labute approximate surface area is 214 Å². The van der Waals surface area contributed by atoms with E-state index in [9.17, 15) is 9.59 Å². The SMILES string of the molecule is CC(=O)N1N=C(C2N=C(c3ccccc3)c3cc(Cl)ccc3N(C)C2=O)C(Cc2ccccc2)C1N. The van der Waals surface area contributed by atoms with Crippen LogP contribution in [0.1, 0.15) is 23.6 Å². The van der Waals surface area contributed by atoms with Gasteiger partial charge >= 0.3 is 0 Å². The van der Waals surface area contributed by atoms with E-state index in [0.29, 0.717) is 28.6 Å². The molecule has 0 bridgehead atoms. The van der Waals surface area contributed by atoms with Crippen LogP contribution in [0.4, 0.5) is 5.69 Å². The van der Waals surface area contributed by atoms with E-state index in [1.165, 1.54) is 11.9 Å².